The molecule has 0 aliphatic heterocycles. The first-order chi connectivity index (χ1) is 15.0. The third kappa shape index (κ3) is 6.73. The van der Waals surface area contributed by atoms with Gasteiger partial charge in [-0.3, -0.25) is 9.59 Å². The molecule has 3 aromatic rings. The molecule has 0 unspecified atom stereocenters. The van der Waals surface area contributed by atoms with Gasteiger partial charge >= 0.3 is 0 Å². The second-order valence-electron chi connectivity index (χ2n) is 6.78. The van der Waals surface area contributed by atoms with Crippen LogP contribution in [0.4, 0.5) is 0 Å². The zero-order valence-corrected chi connectivity index (χ0v) is 17.9. The Morgan fingerprint density at radius 3 is 2.26 bits per heavy atom. The van der Waals surface area contributed by atoms with Crippen LogP contribution in [-0.4, -0.2) is 25.5 Å². The van der Waals surface area contributed by atoms with Crippen molar-refractivity contribution in [1.29, 1.82) is 0 Å². The molecule has 0 heterocycles. The highest BCUT2D eigenvalue weighted by Gasteiger charge is 2.14. The van der Waals surface area contributed by atoms with E-state index in [4.69, 9.17) is 16.3 Å². The fourth-order valence-corrected chi connectivity index (χ4v) is 3.01. The standard InChI is InChI=1S/C25H23ClN2O3/c1-31-22-13-9-20(10-14-22)24(29)28-23(17-19-7-11-21(26)12-8-19)25(30)27-16-15-18-5-3-2-4-6-18/h2-14,17H,15-16H2,1H3,(H,27,30)(H,28,29). The number of hydrogen-bond acceptors (Lipinski definition) is 3. The van der Waals surface area contributed by atoms with Crippen LogP contribution in [0.5, 0.6) is 5.75 Å². The lowest BCUT2D eigenvalue weighted by atomic mass is 10.1. The van der Waals surface area contributed by atoms with E-state index >= 15 is 0 Å². The summed E-state index contributed by atoms with van der Waals surface area (Å²) >= 11 is 5.95. The van der Waals surface area contributed by atoms with Gasteiger partial charge in [-0.25, -0.2) is 0 Å². The van der Waals surface area contributed by atoms with Gasteiger partial charge in [-0.15, -0.1) is 0 Å². The molecule has 3 aromatic carbocycles. The van der Waals surface area contributed by atoms with E-state index in [-0.39, 0.29) is 17.5 Å². The lowest BCUT2D eigenvalue weighted by Crippen LogP contribution is -2.35. The van der Waals surface area contributed by atoms with E-state index < -0.39 is 0 Å². The summed E-state index contributed by atoms with van der Waals surface area (Å²) in [5, 5.41) is 6.18. The molecular formula is C25H23ClN2O3. The smallest absolute Gasteiger partial charge is 0.267 e. The highest BCUT2D eigenvalue weighted by Crippen LogP contribution is 2.14. The van der Waals surface area contributed by atoms with Gasteiger partial charge in [0.05, 0.1) is 7.11 Å². The van der Waals surface area contributed by atoms with Gasteiger partial charge in [0.2, 0.25) is 0 Å². The first-order valence-corrected chi connectivity index (χ1v) is 10.2. The Morgan fingerprint density at radius 2 is 1.61 bits per heavy atom. The molecule has 0 atom stereocenters. The normalized spacial score (nSPS) is 11.0. The lowest BCUT2D eigenvalue weighted by molar-refractivity contribution is -0.117. The van der Waals surface area contributed by atoms with E-state index in [1.165, 1.54) is 0 Å². The molecule has 31 heavy (non-hydrogen) atoms. The van der Waals surface area contributed by atoms with Crippen LogP contribution >= 0.6 is 11.6 Å². The van der Waals surface area contributed by atoms with Gasteiger partial charge in [0.25, 0.3) is 11.8 Å². The Kier molecular flexibility index (Phi) is 7.85. The van der Waals surface area contributed by atoms with Crippen LogP contribution in [0.2, 0.25) is 5.02 Å². The largest absolute Gasteiger partial charge is 0.497 e. The van der Waals surface area contributed by atoms with Crippen molar-refractivity contribution in [2.45, 2.75) is 6.42 Å². The fraction of sp³-hybridized carbons (Fsp3) is 0.120. The average molecular weight is 435 g/mol. The van der Waals surface area contributed by atoms with Gasteiger partial charge in [-0.2, -0.15) is 0 Å². The van der Waals surface area contributed by atoms with E-state index in [9.17, 15) is 9.59 Å². The summed E-state index contributed by atoms with van der Waals surface area (Å²) in [5.41, 5.74) is 2.43. The summed E-state index contributed by atoms with van der Waals surface area (Å²) in [6, 6.07) is 23.5. The molecular weight excluding hydrogens is 412 g/mol. The number of rotatable bonds is 8. The number of benzene rings is 3. The molecule has 158 valence electrons. The van der Waals surface area contributed by atoms with Gasteiger partial charge < -0.3 is 15.4 Å². The molecule has 0 spiro atoms. The molecule has 0 saturated heterocycles. The molecule has 0 aromatic heterocycles. The maximum atomic E-state index is 12.8. The van der Waals surface area contributed by atoms with E-state index in [1.807, 2.05) is 30.3 Å². The van der Waals surface area contributed by atoms with Crippen molar-refractivity contribution in [3.63, 3.8) is 0 Å². The van der Waals surface area contributed by atoms with Gasteiger partial charge in [0.1, 0.15) is 11.4 Å². The summed E-state index contributed by atoms with van der Waals surface area (Å²) in [7, 11) is 1.56. The molecule has 2 amide bonds. The van der Waals surface area contributed by atoms with Gasteiger partial charge in [0.15, 0.2) is 0 Å². The van der Waals surface area contributed by atoms with Crippen molar-refractivity contribution >= 4 is 29.5 Å². The summed E-state index contributed by atoms with van der Waals surface area (Å²) in [4.78, 5) is 25.5. The number of carbonyl (C=O) groups excluding carboxylic acids is 2. The van der Waals surface area contributed by atoms with Crippen molar-refractivity contribution in [2.24, 2.45) is 0 Å². The van der Waals surface area contributed by atoms with Crippen molar-refractivity contribution in [3.05, 3.63) is 106 Å². The van der Waals surface area contributed by atoms with Crippen molar-refractivity contribution in [3.8, 4) is 5.75 Å². The molecule has 5 nitrogen and oxygen atoms in total. The van der Waals surface area contributed by atoms with Crippen LogP contribution in [0.15, 0.2) is 84.6 Å². The van der Waals surface area contributed by atoms with Crippen LogP contribution in [0.25, 0.3) is 6.08 Å². The van der Waals surface area contributed by atoms with Crippen LogP contribution in [0, 0.1) is 0 Å². The monoisotopic (exact) mass is 434 g/mol. The Balaban J connectivity index is 1.74. The average Bonchev–Trinajstić information content (AvgIpc) is 2.80. The van der Waals surface area contributed by atoms with Crippen molar-refractivity contribution < 1.29 is 14.3 Å². The van der Waals surface area contributed by atoms with Gasteiger partial charge in [-0.05, 0) is 60.0 Å². The summed E-state index contributed by atoms with van der Waals surface area (Å²) < 4.78 is 5.12. The molecule has 0 aliphatic carbocycles. The topological polar surface area (TPSA) is 67.4 Å². The number of hydrogen-bond donors (Lipinski definition) is 2. The van der Waals surface area contributed by atoms with Gasteiger partial charge in [0, 0.05) is 17.1 Å². The predicted octanol–water partition coefficient (Wildman–Crippen LogP) is 4.48. The highest BCUT2D eigenvalue weighted by atomic mass is 35.5. The highest BCUT2D eigenvalue weighted by molar-refractivity contribution is 6.30. The van der Waals surface area contributed by atoms with E-state index in [0.717, 1.165) is 11.1 Å². The molecule has 2 N–H and O–H groups in total. The zero-order valence-electron chi connectivity index (χ0n) is 17.1. The van der Waals surface area contributed by atoms with Crippen molar-refractivity contribution in [1.82, 2.24) is 10.6 Å². The molecule has 0 radical (unpaired) electrons. The van der Waals surface area contributed by atoms with E-state index in [0.29, 0.717) is 29.3 Å². The third-order valence-corrected chi connectivity index (χ3v) is 4.82. The lowest BCUT2D eigenvalue weighted by Gasteiger charge is -2.12. The van der Waals surface area contributed by atoms with E-state index in [2.05, 4.69) is 10.6 Å². The minimum atomic E-state index is -0.388. The number of methoxy groups -OCH3 is 1. The Bertz CT molecular complexity index is 1050. The summed E-state index contributed by atoms with van der Waals surface area (Å²) in [6.45, 7) is 0.444. The zero-order chi connectivity index (χ0) is 22.1. The number of ether oxygens (including phenoxy) is 1. The molecule has 0 fully saturated rings. The third-order valence-electron chi connectivity index (χ3n) is 4.57. The SMILES string of the molecule is COc1ccc(C(=O)NC(=Cc2ccc(Cl)cc2)C(=O)NCCc2ccccc2)cc1. The second-order valence-corrected chi connectivity index (χ2v) is 7.22. The first kappa shape index (κ1) is 22.1. The predicted molar refractivity (Wildman–Crippen MR) is 123 cm³/mol. The maximum Gasteiger partial charge on any atom is 0.267 e. The van der Waals surface area contributed by atoms with Crippen LogP contribution in [0.1, 0.15) is 21.5 Å². The van der Waals surface area contributed by atoms with Crippen LogP contribution in [-0.2, 0) is 11.2 Å². The quantitative estimate of drug-likeness (QED) is 0.514. The Labute approximate surface area is 186 Å². The molecule has 0 saturated carbocycles. The Hall–Kier alpha value is -3.57. The van der Waals surface area contributed by atoms with E-state index in [1.54, 1.807) is 61.7 Å². The number of nitrogens with one attached hydrogen (secondary N) is 2. The number of carbonyl (C=O) groups is 2. The second kappa shape index (κ2) is 11.0. The number of amides is 2. The summed E-state index contributed by atoms with van der Waals surface area (Å²) in [6.07, 6.45) is 2.31. The molecule has 6 heteroatoms. The molecule has 0 bridgehead atoms. The maximum absolute atomic E-state index is 12.8. The summed E-state index contributed by atoms with van der Waals surface area (Å²) in [5.74, 6) is -0.110. The molecule has 3 rings (SSSR count). The van der Waals surface area contributed by atoms with Crippen molar-refractivity contribution in [2.75, 3.05) is 13.7 Å². The fourth-order valence-electron chi connectivity index (χ4n) is 2.88. The first-order valence-electron chi connectivity index (χ1n) is 9.80. The number of halogens is 1. The Morgan fingerprint density at radius 1 is 0.935 bits per heavy atom. The molecule has 0 aliphatic rings. The minimum Gasteiger partial charge on any atom is -0.497 e. The van der Waals surface area contributed by atoms with Gasteiger partial charge in [-0.1, -0.05) is 54.1 Å². The van der Waals surface area contributed by atoms with Crippen LogP contribution < -0.4 is 15.4 Å². The van der Waals surface area contributed by atoms with Crippen LogP contribution in [0.3, 0.4) is 0 Å². The minimum absolute atomic E-state index is 0.149.